The molecular weight excluding hydrogens is 499 g/mol. The summed E-state index contributed by atoms with van der Waals surface area (Å²) in [5, 5.41) is 3.73. The summed E-state index contributed by atoms with van der Waals surface area (Å²) in [6.45, 7) is 4.86. The first-order valence-corrected chi connectivity index (χ1v) is 9.50. The van der Waals surface area contributed by atoms with E-state index in [4.69, 9.17) is 31.5 Å². The molecule has 8 nitrogen and oxygen atoms in total. The first-order valence-electron chi connectivity index (χ1n) is 9.13. The van der Waals surface area contributed by atoms with Crippen LogP contribution in [-0.4, -0.2) is 55.9 Å². The predicted molar refractivity (Wildman–Crippen MR) is 118 cm³/mol. The van der Waals surface area contributed by atoms with Crippen LogP contribution in [0.15, 0.2) is 17.1 Å². The number of hydrogen-bond acceptors (Lipinski definition) is 5. The quantitative estimate of drug-likeness (QED) is 0.357. The van der Waals surface area contributed by atoms with Crippen LogP contribution < -0.4 is 20.5 Å². The van der Waals surface area contributed by atoms with Crippen LogP contribution in [0.4, 0.5) is 4.79 Å². The highest BCUT2D eigenvalue weighted by molar-refractivity contribution is 14.0. The monoisotopic (exact) mass is 524 g/mol. The van der Waals surface area contributed by atoms with Crippen molar-refractivity contribution in [2.45, 2.75) is 32.4 Å². The fraction of sp³-hybridized carbons (Fsp3) is 0.556. The maximum atomic E-state index is 11.7. The van der Waals surface area contributed by atoms with Crippen LogP contribution in [0, 0.1) is 0 Å². The zero-order chi connectivity index (χ0) is 19.2. The molecule has 0 aromatic heterocycles. The fourth-order valence-electron chi connectivity index (χ4n) is 3.11. The number of aliphatic imine (C=N–C) groups is 1. The van der Waals surface area contributed by atoms with E-state index in [0.717, 1.165) is 18.4 Å². The van der Waals surface area contributed by atoms with E-state index in [9.17, 15) is 4.79 Å². The Balaban J connectivity index is 0.00000280. The van der Waals surface area contributed by atoms with Gasteiger partial charge in [-0.2, -0.15) is 0 Å². The molecule has 0 radical (unpaired) electrons. The molecule has 0 atom stereocenters. The number of fused-ring (bicyclic) bond motifs is 1. The van der Waals surface area contributed by atoms with E-state index < -0.39 is 0 Å². The largest absolute Gasteiger partial charge is 0.486 e. The van der Waals surface area contributed by atoms with Crippen molar-refractivity contribution in [2.75, 3.05) is 32.9 Å². The summed E-state index contributed by atoms with van der Waals surface area (Å²) in [5.41, 5.74) is 6.91. The Kier molecular flexibility index (Phi) is 8.74. The molecule has 1 aromatic carbocycles. The normalized spacial score (nSPS) is 16.9. The smallest absolute Gasteiger partial charge is 0.409 e. The molecule has 0 bridgehead atoms. The molecule has 1 amide bonds. The zero-order valence-corrected chi connectivity index (χ0v) is 18.9. The lowest BCUT2D eigenvalue weighted by atomic mass is 10.1. The number of ether oxygens (including phenoxy) is 3. The van der Waals surface area contributed by atoms with Gasteiger partial charge in [0.15, 0.2) is 17.5 Å². The van der Waals surface area contributed by atoms with Crippen LogP contribution in [0.2, 0.25) is 5.02 Å². The number of nitrogens with one attached hydrogen (secondary N) is 1. The Morgan fingerprint density at radius 2 is 2.07 bits per heavy atom. The summed E-state index contributed by atoms with van der Waals surface area (Å²) >= 11 is 6.24. The lowest BCUT2D eigenvalue weighted by Crippen LogP contribution is -2.48. The van der Waals surface area contributed by atoms with Gasteiger partial charge in [0, 0.05) is 19.1 Å². The van der Waals surface area contributed by atoms with Crippen LogP contribution in [0.25, 0.3) is 0 Å². The van der Waals surface area contributed by atoms with E-state index in [1.165, 1.54) is 0 Å². The molecular formula is C18H26ClIN4O4. The standard InChI is InChI=1S/C18H25ClN4O4.HI/c1-2-25-18(24)23-5-3-13(4-6-23)22-17(20)21-11-12-9-14(19)16-15(10-12)26-7-8-27-16;/h9-10,13H,2-8,11H2,1H3,(H3,20,21,22);1H. The highest BCUT2D eigenvalue weighted by atomic mass is 127. The van der Waals surface area contributed by atoms with Gasteiger partial charge in [-0.25, -0.2) is 9.79 Å². The molecule has 0 saturated carbocycles. The number of likely N-dealkylation sites (tertiary alicyclic amines) is 1. The summed E-state index contributed by atoms with van der Waals surface area (Å²) < 4.78 is 16.1. The van der Waals surface area contributed by atoms with Crippen LogP contribution >= 0.6 is 35.6 Å². The van der Waals surface area contributed by atoms with Gasteiger partial charge in [0.2, 0.25) is 0 Å². The molecule has 3 N–H and O–H groups in total. The summed E-state index contributed by atoms with van der Waals surface area (Å²) in [7, 11) is 0. The molecule has 1 fully saturated rings. The molecule has 2 aliphatic rings. The fourth-order valence-corrected chi connectivity index (χ4v) is 3.40. The number of rotatable bonds is 4. The second kappa shape index (κ2) is 10.8. The molecule has 1 aromatic rings. The van der Waals surface area contributed by atoms with Crippen molar-refractivity contribution in [3.8, 4) is 11.5 Å². The van der Waals surface area contributed by atoms with Crippen molar-refractivity contribution >= 4 is 47.6 Å². The molecule has 156 valence electrons. The Labute approximate surface area is 186 Å². The van der Waals surface area contributed by atoms with Gasteiger partial charge in [-0.1, -0.05) is 11.6 Å². The van der Waals surface area contributed by atoms with Gasteiger partial charge in [0.05, 0.1) is 18.2 Å². The zero-order valence-electron chi connectivity index (χ0n) is 15.8. The highest BCUT2D eigenvalue weighted by Gasteiger charge is 2.23. The van der Waals surface area contributed by atoms with Crippen LogP contribution in [-0.2, 0) is 11.3 Å². The maximum Gasteiger partial charge on any atom is 0.409 e. The number of carbonyl (C=O) groups is 1. The number of nitrogens with zero attached hydrogens (tertiary/aromatic N) is 2. The third-order valence-corrected chi connectivity index (χ3v) is 4.74. The summed E-state index contributed by atoms with van der Waals surface area (Å²) in [6, 6.07) is 3.86. The van der Waals surface area contributed by atoms with Gasteiger partial charge in [0.1, 0.15) is 13.2 Å². The molecule has 3 rings (SSSR count). The van der Waals surface area contributed by atoms with Gasteiger partial charge < -0.3 is 30.2 Å². The molecule has 2 heterocycles. The number of amides is 1. The first-order chi connectivity index (χ1) is 13.1. The van der Waals surface area contributed by atoms with E-state index in [-0.39, 0.29) is 36.1 Å². The number of halogens is 2. The highest BCUT2D eigenvalue weighted by Crippen LogP contribution is 2.38. The predicted octanol–water partition coefficient (Wildman–Crippen LogP) is 2.75. The maximum absolute atomic E-state index is 11.7. The molecule has 1 saturated heterocycles. The molecule has 10 heteroatoms. The van der Waals surface area contributed by atoms with Crippen molar-refractivity contribution in [3.05, 3.63) is 22.7 Å². The van der Waals surface area contributed by atoms with Crippen molar-refractivity contribution in [2.24, 2.45) is 10.7 Å². The second-order valence-corrected chi connectivity index (χ2v) is 6.82. The first kappa shape index (κ1) is 22.7. The van der Waals surface area contributed by atoms with Gasteiger partial charge in [-0.3, -0.25) is 0 Å². The van der Waals surface area contributed by atoms with Gasteiger partial charge >= 0.3 is 6.09 Å². The topological polar surface area (TPSA) is 98.4 Å². The van der Waals surface area contributed by atoms with Crippen LogP contribution in [0.3, 0.4) is 0 Å². The Hall–Kier alpha value is -1.62. The van der Waals surface area contributed by atoms with E-state index in [0.29, 0.717) is 61.9 Å². The molecule has 2 aliphatic heterocycles. The molecule has 0 aliphatic carbocycles. The molecule has 28 heavy (non-hydrogen) atoms. The number of guanidine groups is 1. The SMILES string of the molecule is CCOC(=O)N1CCC(NC(N)=NCc2cc(Cl)c3c(c2)OCCO3)CC1.I. The van der Waals surface area contributed by atoms with Gasteiger partial charge in [-0.05, 0) is 37.5 Å². The van der Waals surface area contributed by atoms with Crippen molar-refractivity contribution in [3.63, 3.8) is 0 Å². The van der Waals surface area contributed by atoms with Crippen molar-refractivity contribution < 1.29 is 19.0 Å². The van der Waals surface area contributed by atoms with Crippen molar-refractivity contribution in [1.29, 1.82) is 0 Å². The van der Waals surface area contributed by atoms with Crippen LogP contribution in [0.5, 0.6) is 11.5 Å². The summed E-state index contributed by atoms with van der Waals surface area (Å²) in [5.74, 6) is 1.59. The minimum atomic E-state index is -0.256. The van der Waals surface area contributed by atoms with Gasteiger partial charge in [0.25, 0.3) is 0 Å². The van der Waals surface area contributed by atoms with E-state index in [2.05, 4.69) is 10.3 Å². The summed E-state index contributed by atoms with van der Waals surface area (Å²) in [6.07, 6.45) is 1.34. The minimum absolute atomic E-state index is 0. The summed E-state index contributed by atoms with van der Waals surface area (Å²) in [4.78, 5) is 17.8. The Morgan fingerprint density at radius 1 is 1.36 bits per heavy atom. The minimum Gasteiger partial charge on any atom is -0.486 e. The second-order valence-electron chi connectivity index (χ2n) is 6.41. The Morgan fingerprint density at radius 3 is 2.79 bits per heavy atom. The number of piperidine rings is 1. The third kappa shape index (κ3) is 5.94. The van der Waals surface area contributed by atoms with E-state index in [1.807, 2.05) is 12.1 Å². The number of nitrogens with two attached hydrogens (primary N) is 1. The molecule has 0 unspecified atom stereocenters. The third-order valence-electron chi connectivity index (χ3n) is 4.46. The molecule has 0 spiro atoms. The van der Waals surface area contributed by atoms with Crippen molar-refractivity contribution in [1.82, 2.24) is 10.2 Å². The average Bonchev–Trinajstić information content (AvgIpc) is 2.67. The number of benzene rings is 1. The number of hydrogen-bond donors (Lipinski definition) is 2. The van der Waals surface area contributed by atoms with E-state index in [1.54, 1.807) is 11.8 Å². The Bertz CT molecular complexity index is 711. The van der Waals surface area contributed by atoms with Crippen LogP contribution in [0.1, 0.15) is 25.3 Å². The average molecular weight is 525 g/mol. The van der Waals surface area contributed by atoms with E-state index >= 15 is 0 Å². The van der Waals surface area contributed by atoms with Gasteiger partial charge in [-0.15, -0.1) is 24.0 Å². The lowest BCUT2D eigenvalue weighted by molar-refractivity contribution is 0.0963. The number of carbonyl (C=O) groups excluding carboxylic acids is 1. The lowest BCUT2D eigenvalue weighted by Gasteiger charge is -2.31.